The summed E-state index contributed by atoms with van der Waals surface area (Å²) >= 11 is 0. The van der Waals surface area contributed by atoms with Gasteiger partial charge in [-0.05, 0) is 13.8 Å². The quantitative estimate of drug-likeness (QED) is 0.507. The van der Waals surface area contributed by atoms with E-state index < -0.39 is 13.6 Å². The minimum Gasteiger partial charge on any atom is -0.452 e. The zero-order valence-electron chi connectivity index (χ0n) is 8.39. The number of carbonyl (C=O) groups excluding carboxylic acids is 1. The first-order valence-corrected chi connectivity index (χ1v) is 6.04. The molecule has 0 saturated heterocycles. The zero-order chi connectivity index (χ0) is 11.0. The van der Waals surface area contributed by atoms with Crippen molar-refractivity contribution < 1.29 is 23.1 Å². The molecule has 14 heavy (non-hydrogen) atoms. The number of carbonyl (C=O) groups is 1. The third-order valence-corrected chi connectivity index (χ3v) is 2.95. The van der Waals surface area contributed by atoms with Crippen molar-refractivity contribution in [3.63, 3.8) is 0 Å². The second-order valence-electron chi connectivity index (χ2n) is 2.30. The van der Waals surface area contributed by atoms with Crippen molar-refractivity contribution in [2.24, 2.45) is 5.73 Å². The SMILES string of the molecule is CCOP(=O)(COC(=O)CN)OCC. The predicted octanol–water partition coefficient (Wildman–Crippen LogP) is 0.712. The lowest BCUT2D eigenvalue weighted by molar-refractivity contribution is -0.140. The van der Waals surface area contributed by atoms with Crippen LogP contribution in [0.2, 0.25) is 0 Å². The number of esters is 1. The summed E-state index contributed by atoms with van der Waals surface area (Å²) in [5, 5.41) is 0. The normalized spacial score (nSPS) is 11.4. The Morgan fingerprint density at radius 2 is 1.79 bits per heavy atom. The maximum Gasteiger partial charge on any atom is 0.367 e. The van der Waals surface area contributed by atoms with Crippen LogP contribution >= 0.6 is 7.60 Å². The van der Waals surface area contributed by atoms with E-state index in [9.17, 15) is 9.36 Å². The molecule has 0 aromatic rings. The molecule has 0 spiro atoms. The predicted molar refractivity (Wildman–Crippen MR) is 50.9 cm³/mol. The van der Waals surface area contributed by atoms with Crippen molar-refractivity contribution in [2.75, 3.05) is 26.1 Å². The van der Waals surface area contributed by atoms with Gasteiger partial charge in [-0.3, -0.25) is 9.36 Å². The molecule has 0 atom stereocenters. The van der Waals surface area contributed by atoms with Gasteiger partial charge in [0.05, 0.1) is 19.8 Å². The molecule has 0 amide bonds. The van der Waals surface area contributed by atoms with Crippen molar-refractivity contribution in [3.05, 3.63) is 0 Å². The fourth-order valence-corrected chi connectivity index (χ4v) is 2.03. The van der Waals surface area contributed by atoms with E-state index in [-0.39, 0.29) is 26.1 Å². The molecule has 0 aromatic heterocycles. The van der Waals surface area contributed by atoms with E-state index in [2.05, 4.69) is 4.74 Å². The van der Waals surface area contributed by atoms with Crippen LogP contribution in [0, 0.1) is 0 Å². The first-order valence-electron chi connectivity index (χ1n) is 4.31. The fourth-order valence-electron chi connectivity index (χ4n) is 0.715. The Labute approximate surface area is 83.2 Å². The lowest BCUT2D eigenvalue weighted by atomic mass is 10.7. The molecule has 0 aromatic carbocycles. The molecule has 0 radical (unpaired) electrons. The van der Waals surface area contributed by atoms with E-state index in [1.807, 2.05) is 0 Å². The Bertz CT molecular complexity index is 210. The molecule has 0 saturated carbocycles. The molecule has 0 bridgehead atoms. The first kappa shape index (κ1) is 13.6. The molecule has 0 aliphatic carbocycles. The van der Waals surface area contributed by atoms with Gasteiger partial charge in [0, 0.05) is 0 Å². The van der Waals surface area contributed by atoms with E-state index in [0.29, 0.717) is 0 Å². The molecule has 7 heteroatoms. The van der Waals surface area contributed by atoms with Crippen LogP contribution in [0.3, 0.4) is 0 Å². The van der Waals surface area contributed by atoms with Crippen LogP contribution in [0.15, 0.2) is 0 Å². The highest BCUT2D eigenvalue weighted by molar-refractivity contribution is 7.53. The lowest BCUT2D eigenvalue weighted by Gasteiger charge is -2.16. The lowest BCUT2D eigenvalue weighted by Crippen LogP contribution is -2.18. The molecular formula is C7H16NO5P. The molecular weight excluding hydrogens is 209 g/mol. The fraction of sp³-hybridized carbons (Fsp3) is 0.857. The Balaban J connectivity index is 4.08. The van der Waals surface area contributed by atoms with Gasteiger partial charge < -0.3 is 19.5 Å². The highest BCUT2D eigenvalue weighted by atomic mass is 31.2. The number of rotatable bonds is 7. The van der Waals surface area contributed by atoms with Crippen molar-refractivity contribution in [3.8, 4) is 0 Å². The van der Waals surface area contributed by atoms with Gasteiger partial charge in [-0.2, -0.15) is 0 Å². The monoisotopic (exact) mass is 225 g/mol. The average Bonchev–Trinajstić information content (AvgIpc) is 2.15. The molecule has 6 nitrogen and oxygen atoms in total. The Morgan fingerprint density at radius 3 is 2.14 bits per heavy atom. The van der Waals surface area contributed by atoms with Crippen molar-refractivity contribution in [2.45, 2.75) is 13.8 Å². The van der Waals surface area contributed by atoms with Crippen LogP contribution in [-0.2, 0) is 23.1 Å². The first-order chi connectivity index (χ1) is 6.58. The summed E-state index contributed by atoms with van der Waals surface area (Å²) in [7, 11) is -3.29. The van der Waals surface area contributed by atoms with Gasteiger partial charge in [-0.1, -0.05) is 0 Å². The number of ether oxygens (including phenoxy) is 1. The van der Waals surface area contributed by atoms with Crippen molar-refractivity contribution >= 4 is 13.6 Å². The van der Waals surface area contributed by atoms with Crippen LogP contribution in [0.1, 0.15) is 13.8 Å². The number of hydrogen-bond donors (Lipinski definition) is 1. The highest BCUT2D eigenvalue weighted by Crippen LogP contribution is 2.47. The zero-order valence-corrected chi connectivity index (χ0v) is 9.29. The summed E-state index contributed by atoms with van der Waals surface area (Å²) in [5.74, 6) is -0.635. The summed E-state index contributed by atoms with van der Waals surface area (Å²) < 4.78 is 26.0. The Kier molecular flexibility index (Phi) is 6.74. The van der Waals surface area contributed by atoms with E-state index in [4.69, 9.17) is 14.8 Å². The third-order valence-electron chi connectivity index (χ3n) is 1.20. The second kappa shape index (κ2) is 6.95. The standard InChI is InChI=1S/C7H16NO5P/c1-3-12-14(10,13-4-2)6-11-7(9)5-8/h3-6,8H2,1-2H3. The summed E-state index contributed by atoms with van der Waals surface area (Å²) in [5.41, 5.74) is 5.00. The van der Waals surface area contributed by atoms with Gasteiger partial charge in [-0.15, -0.1) is 0 Å². The molecule has 84 valence electrons. The Hall–Kier alpha value is -0.420. The summed E-state index contributed by atoms with van der Waals surface area (Å²) in [6.07, 6.45) is -0.384. The van der Waals surface area contributed by atoms with Gasteiger partial charge in [-0.25, -0.2) is 0 Å². The van der Waals surface area contributed by atoms with Crippen LogP contribution in [0.25, 0.3) is 0 Å². The topological polar surface area (TPSA) is 87.9 Å². The summed E-state index contributed by atoms with van der Waals surface area (Å²) in [6, 6.07) is 0. The van der Waals surface area contributed by atoms with Crippen LogP contribution in [0.5, 0.6) is 0 Å². The maximum atomic E-state index is 11.7. The van der Waals surface area contributed by atoms with E-state index in [1.165, 1.54) is 0 Å². The smallest absolute Gasteiger partial charge is 0.367 e. The minimum absolute atomic E-state index is 0.234. The average molecular weight is 225 g/mol. The van der Waals surface area contributed by atoms with Gasteiger partial charge in [0.25, 0.3) is 0 Å². The van der Waals surface area contributed by atoms with Gasteiger partial charge in [0.2, 0.25) is 0 Å². The van der Waals surface area contributed by atoms with Crippen molar-refractivity contribution in [1.82, 2.24) is 0 Å². The van der Waals surface area contributed by atoms with Gasteiger partial charge in [0.1, 0.15) is 0 Å². The van der Waals surface area contributed by atoms with Crippen molar-refractivity contribution in [1.29, 1.82) is 0 Å². The van der Waals surface area contributed by atoms with Gasteiger partial charge in [0.15, 0.2) is 6.35 Å². The molecule has 0 unspecified atom stereocenters. The van der Waals surface area contributed by atoms with Crippen LogP contribution in [-0.4, -0.2) is 32.1 Å². The largest absolute Gasteiger partial charge is 0.452 e. The molecule has 0 aliphatic heterocycles. The molecule has 0 aliphatic rings. The molecule has 0 rings (SSSR count). The summed E-state index contributed by atoms with van der Waals surface area (Å²) in [4.78, 5) is 10.7. The molecule has 0 heterocycles. The van der Waals surface area contributed by atoms with Gasteiger partial charge >= 0.3 is 13.6 Å². The van der Waals surface area contributed by atoms with E-state index in [1.54, 1.807) is 13.8 Å². The van der Waals surface area contributed by atoms with E-state index >= 15 is 0 Å². The second-order valence-corrected chi connectivity index (χ2v) is 4.29. The van der Waals surface area contributed by atoms with Crippen LogP contribution in [0.4, 0.5) is 0 Å². The number of hydrogen-bond acceptors (Lipinski definition) is 6. The summed E-state index contributed by atoms with van der Waals surface area (Å²) in [6.45, 7) is 3.57. The minimum atomic E-state index is -3.29. The van der Waals surface area contributed by atoms with Crippen LogP contribution < -0.4 is 5.73 Å². The Morgan fingerprint density at radius 1 is 1.29 bits per heavy atom. The maximum absolute atomic E-state index is 11.7. The number of nitrogens with two attached hydrogens (primary N) is 1. The molecule has 2 N–H and O–H groups in total. The molecule has 0 fully saturated rings. The highest BCUT2D eigenvalue weighted by Gasteiger charge is 2.25. The third kappa shape index (κ3) is 5.34. The van der Waals surface area contributed by atoms with E-state index in [0.717, 1.165) is 0 Å².